The zero-order valence-electron chi connectivity index (χ0n) is 12.2. The van der Waals surface area contributed by atoms with Crippen LogP contribution in [0.25, 0.3) is 0 Å². The van der Waals surface area contributed by atoms with Crippen molar-refractivity contribution in [1.29, 1.82) is 0 Å². The second-order valence-corrected chi connectivity index (χ2v) is 6.35. The molecule has 0 aromatic carbocycles. The highest BCUT2D eigenvalue weighted by atomic mass is 19.5. The van der Waals surface area contributed by atoms with Crippen molar-refractivity contribution < 1.29 is 21.7 Å². The van der Waals surface area contributed by atoms with Gasteiger partial charge in [0.15, 0.2) is 0 Å². The van der Waals surface area contributed by atoms with E-state index in [0.717, 1.165) is 11.5 Å². The lowest BCUT2D eigenvalue weighted by atomic mass is 9.90. The van der Waals surface area contributed by atoms with Crippen LogP contribution in [0, 0.1) is 0 Å². The minimum absolute atomic E-state index is 0.0846. The van der Waals surface area contributed by atoms with Crippen LogP contribution in [0.15, 0.2) is 22.6 Å². The van der Waals surface area contributed by atoms with E-state index >= 15 is 0 Å². The molecule has 0 unspecified atom stereocenters. The SMILES string of the molecule is CC(C)(C)c1cccc(C(C)(C)C)[o+]1.F[B-](F)(F)F. The lowest BCUT2D eigenvalue weighted by molar-refractivity contribution is 0.329. The molecule has 0 saturated carbocycles. The van der Waals surface area contributed by atoms with Gasteiger partial charge in [-0.1, -0.05) is 0 Å². The Bertz CT molecular complexity index is 367. The predicted molar refractivity (Wildman–Crippen MR) is 70.7 cm³/mol. The maximum atomic E-state index is 9.75. The molecule has 0 spiro atoms. The molecular formula is C13H21BF4O. The second-order valence-electron chi connectivity index (χ2n) is 6.35. The molecule has 0 atom stereocenters. The van der Waals surface area contributed by atoms with Gasteiger partial charge in [0.05, 0.1) is 10.8 Å². The average Bonchev–Trinajstić information content (AvgIpc) is 2.12. The summed E-state index contributed by atoms with van der Waals surface area (Å²) in [6, 6.07) is 6.18. The van der Waals surface area contributed by atoms with Gasteiger partial charge in [-0.15, -0.1) is 0 Å². The Kier molecular flexibility index (Phi) is 5.59. The zero-order chi connectivity index (χ0) is 15.5. The van der Waals surface area contributed by atoms with Crippen molar-refractivity contribution in [3.63, 3.8) is 0 Å². The highest BCUT2D eigenvalue weighted by Gasteiger charge is 2.31. The summed E-state index contributed by atoms with van der Waals surface area (Å²) in [4.78, 5) is 0. The molecule has 0 fully saturated rings. The smallest absolute Gasteiger partial charge is 0.418 e. The molecule has 0 amide bonds. The topological polar surface area (TPSA) is 11.3 Å². The van der Waals surface area contributed by atoms with Crippen LogP contribution in [0.4, 0.5) is 17.3 Å². The molecule has 0 aliphatic rings. The summed E-state index contributed by atoms with van der Waals surface area (Å²) in [5.41, 5.74) is 0.169. The van der Waals surface area contributed by atoms with E-state index in [2.05, 4.69) is 59.7 Å². The Morgan fingerprint density at radius 2 is 1.05 bits per heavy atom. The first-order chi connectivity index (χ1) is 8.21. The van der Waals surface area contributed by atoms with Crippen LogP contribution in [0.1, 0.15) is 53.1 Å². The van der Waals surface area contributed by atoms with E-state index in [1.807, 2.05) is 0 Å². The van der Waals surface area contributed by atoms with Crippen LogP contribution in [0.2, 0.25) is 0 Å². The van der Waals surface area contributed by atoms with Crippen molar-refractivity contribution >= 4 is 7.25 Å². The summed E-state index contributed by atoms with van der Waals surface area (Å²) in [7, 11) is -6.00. The molecule has 1 aromatic heterocycles. The van der Waals surface area contributed by atoms with Gasteiger partial charge >= 0.3 is 18.8 Å². The molecule has 1 rings (SSSR count). The Hall–Kier alpha value is -1.07. The highest BCUT2D eigenvalue weighted by molar-refractivity contribution is 6.50. The molecule has 110 valence electrons. The van der Waals surface area contributed by atoms with Gasteiger partial charge in [-0.2, -0.15) is 0 Å². The molecule has 1 nitrogen and oxygen atoms in total. The highest BCUT2D eigenvalue weighted by Crippen LogP contribution is 2.28. The standard InChI is InChI=1S/C13H21O.BF4/c1-12(2,3)10-8-7-9-11(14-10)13(4,5)6;2-1(3,4)5/h7-9H,1-6H3;/q+1;-1. The maximum absolute atomic E-state index is 9.75. The monoisotopic (exact) mass is 280 g/mol. The third kappa shape index (κ3) is 8.62. The Morgan fingerprint density at radius 3 is 1.26 bits per heavy atom. The Balaban J connectivity index is 0.000000555. The van der Waals surface area contributed by atoms with Crippen molar-refractivity contribution in [2.45, 2.75) is 52.4 Å². The number of hydrogen-bond acceptors (Lipinski definition) is 0. The zero-order valence-corrected chi connectivity index (χ0v) is 12.2. The van der Waals surface area contributed by atoms with E-state index in [4.69, 9.17) is 4.42 Å². The van der Waals surface area contributed by atoms with Crippen molar-refractivity contribution in [3.8, 4) is 0 Å². The van der Waals surface area contributed by atoms with E-state index in [-0.39, 0.29) is 10.8 Å². The van der Waals surface area contributed by atoms with Gasteiger partial charge in [0.1, 0.15) is 0 Å². The molecule has 1 aromatic rings. The summed E-state index contributed by atoms with van der Waals surface area (Å²) in [5, 5.41) is 0. The molecule has 0 aliphatic heterocycles. The molecule has 0 bridgehead atoms. The van der Waals surface area contributed by atoms with Crippen molar-refractivity contribution in [3.05, 3.63) is 29.7 Å². The van der Waals surface area contributed by atoms with Gasteiger partial charge in [-0.05, 0) is 47.6 Å². The number of hydrogen-bond donors (Lipinski definition) is 0. The summed E-state index contributed by atoms with van der Waals surface area (Å²) < 4.78 is 44.9. The molecule has 19 heavy (non-hydrogen) atoms. The van der Waals surface area contributed by atoms with E-state index in [1.165, 1.54) is 0 Å². The molecule has 6 heteroatoms. The molecular weight excluding hydrogens is 259 g/mol. The Labute approximate surface area is 112 Å². The summed E-state index contributed by atoms with van der Waals surface area (Å²) in [6.07, 6.45) is 0. The first-order valence-electron chi connectivity index (χ1n) is 6.03. The first kappa shape index (κ1) is 17.9. The molecule has 0 aliphatic carbocycles. The van der Waals surface area contributed by atoms with Crippen molar-refractivity contribution in [2.75, 3.05) is 0 Å². The van der Waals surface area contributed by atoms with E-state index in [9.17, 15) is 17.3 Å². The van der Waals surface area contributed by atoms with Gasteiger partial charge in [0.25, 0.3) is 0 Å². The van der Waals surface area contributed by atoms with Crippen molar-refractivity contribution in [2.24, 2.45) is 0 Å². The summed E-state index contributed by atoms with van der Waals surface area (Å²) >= 11 is 0. The van der Waals surface area contributed by atoms with Crippen molar-refractivity contribution in [1.82, 2.24) is 0 Å². The fraction of sp³-hybridized carbons (Fsp3) is 0.615. The van der Waals surface area contributed by atoms with Gasteiger partial charge in [-0.3, -0.25) is 0 Å². The second kappa shape index (κ2) is 5.93. The predicted octanol–water partition coefficient (Wildman–Crippen LogP) is 5.46. The van der Waals surface area contributed by atoms with Crippen LogP contribution in [0.5, 0.6) is 0 Å². The van der Waals surface area contributed by atoms with Gasteiger partial charge < -0.3 is 17.3 Å². The summed E-state index contributed by atoms with van der Waals surface area (Å²) in [5.74, 6) is 2.09. The lowest BCUT2D eigenvalue weighted by Crippen LogP contribution is -2.15. The van der Waals surface area contributed by atoms with Gasteiger partial charge in [-0.25, -0.2) is 4.42 Å². The third-order valence-corrected chi connectivity index (χ3v) is 2.19. The first-order valence-corrected chi connectivity index (χ1v) is 6.03. The van der Waals surface area contributed by atoms with E-state index in [0.29, 0.717) is 0 Å². The molecule has 1 heterocycles. The van der Waals surface area contributed by atoms with Gasteiger partial charge in [0.2, 0.25) is 0 Å². The maximum Gasteiger partial charge on any atom is 0.673 e. The van der Waals surface area contributed by atoms with E-state index < -0.39 is 7.25 Å². The molecule has 0 radical (unpaired) electrons. The molecule has 0 saturated heterocycles. The van der Waals surface area contributed by atoms with Gasteiger partial charge in [0, 0.05) is 12.1 Å². The quantitative estimate of drug-likeness (QED) is 0.349. The average molecular weight is 280 g/mol. The largest absolute Gasteiger partial charge is 0.673 e. The fourth-order valence-electron chi connectivity index (χ4n) is 1.22. The fourth-order valence-corrected chi connectivity index (χ4v) is 1.22. The number of rotatable bonds is 0. The van der Waals surface area contributed by atoms with E-state index in [1.54, 1.807) is 0 Å². The van der Waals surface area contributed by atoms with Crippen LogP contribution in [-0.4, -0.2) is 7.25 Å². The van der Waals surface area contributed by atoms with Crippen LogP contribution in [-0.2, 0) is 10.8 Å². The third-order valence-electron chi connectivity index (χ3n) is 2.19. The lowest BCUT2D eigenvalue weighted by Gasteiger charge is -2.12. The Morgan fingerprint density at radius 1 is 0.789 bits per heavy atom. The minimum atomic E-state index is -6.00. The van der Waals surface area contributed by atoms with Crippen LogP contribution in [0.3, 0.4) is 0 Å². The van der Waals surface area contributed by atoms with Crippen LogP contribution < -0.4 is 0 Å². The normalized spacial score (nSPS) is 12.7. The number of halogens is 4. The summed E-state index contributed by atoms with van der Waals surface area (Å²) in [6.45, 7) is 13.0. The minimum Gasteiger partial charge on any atom is -0.418 e. The van der Waals surface area contributed by atoms with Crippen LogP contribution >= 0.6 is 0 Å². The molecule has 0 N–H and O–H groups in total.